The Kier molecular flexibility index (Phi) is 4.57. The fourth-order valence-corrected chi connectivity index (χ4v) is 3.67. The van der Waals surface area contributed by atoms with Crippen molar-refractivity contribution in [2.75, 3.05) is 19.0 Å². The Morgan fingerprint density at radius 3 is 2.52 bits per heavy atom. The van der Waals surface area contributed by atoms with Crippen LogP contribution in [-0.4, -0.2) is 34.0 Å². The van der Waals surface area contributed by atoms with Crippen LogP contribution in [0.2, 0.25) is 5.02 Å². The molecule has 0 unspecified atom stereocenters. The quantitative estimate of drug-likeness (QED) is 0.680. The van der Waals surface area contributed by atoms with Crippen molar-refractivity contribution in [2.45, 2.75) is 19.8 Å². The Labute approximate surface area is 160 Å². The molecule has 1 aliphatic heterocycles. The second-order valence-corrected chi connectivity index (χ2v) is 7.20. The highest BCUT2D eigenvalue weighted by atomic mass is 35.5. The largest absolute Gasteiger partial charge is 0.343 e. The minimum atomic E-state index is -0.624. The Hall–Kier alpha value is -2.51. The van der Waals surface area contributed by atoms with Crippen LogP contribution in [0.3, 0.4) is 0 Å². The van der Waals surface area contributed by atoms with E-state index in [0.717, 1.165) is 22.5 Å². The van der Waals surface area contributed by atoms with Crippen LogP contribution in [-0.2, 0) is 19.8 Å². The van der Waals surface area contributed by atoms with E-state index in [1.54, 1.807) is 15.6 Å². The average Bonchev–Trinajstić information content (AvgIpc) is 2.89. The smallest absolute Gasteiger partial charge is 0.149 e. The number of benzene rings is 2. The molecule has 0 saturated carbocycles. The third-order valence-corrected chi connectivity index (χ3v) is 4.91. The highest BCUT2D eigenvalue weighted by molar-refractivity contribution is 6.31. The molecule has 2 aromatic carbocycles. The minimum Gasteiger partial charge on any atom is -0.343 e. The lowest BCUT2D eigenvalue weighted by molar-refractivity contribution is 0.397. The second-order valence-electron chi connectivity index (χ2n) is 6.80. The van der Waals surface area contributed by atoms with Crippen LogP contribution in [0.25, 0.3) is 11.3 Å². The maximum absolute atomic E-state index is 14.4. The molecule has 0 atom stereocenters. The summed E-state index contributed by atoms with van der Waals surface area (Å²) in [6.07, 6.45) is 0. The standard InChI is InChI=1S/C19H18ClF2N5/c1-25(2)10-17-18-12-5-3-6-14(20)13(12)9-26(11-27(18)24-23-17)19-15(21)7-4-8-16(19)22/h3-8H,9-11H2,1-2H3. The molecule has 4 rings (SSSR count). The fraction of sp³-hybridized carbons (Fsp3) is 0.263. The molecule has 1 aliphatic rings. The van der Waals surface area contributed by atoms with E-state index >= 15 is 0 Å². The van der Waals surface area contributed by atoms with Gasteiger partial charge in [-0.25, -0.2) is 13.5 Å². The summed E-state index contributed by atoms with van der Waals surface area (Å²) in [6.45, 7) is 1.02. The van der Waals surface area contributed by atoms with Gasteiger partial charge in [0.2, 0.25) is 0 Å². The van der Waals surface area contributed by atoms with Gasteiger partial charge in [0.25, 0.3) is 0 Å². The van der Waals surface area contributed by atoms with Crippen LogP contribution >= 0.6 is 11.6 Å². The highest BCUT2D eigenvalue weighted by Gasteiger charge is 2.28. The first-order valence-corrected chi connectivity index (χ1v) is 8.87. The lowest BCUT2D eigenvalue weighted by Crippen LogP contribution is -2.27. The van der Waals surface area contributed by atoms with Crippen LogP contribution in [0.1, 0.15) is 11.3 Å². The molecule has 0 radical (unpaired) electrons. The molecule has 0 aliphatic carbocycles. The normalized spacial score (nSPS) is 13.5. The Bertz CT molecular complexity index is 982. The molecule has 8 heteroatoms. The first-order valence-electron chi connectivity index (χ1n) is 8.49. The van der Waals surface area contributed by atoms with Gasteiger partial charge in [-0.05, 0) is 37.9 Å². The van der Waals surface area contributed by atoms with E-state index in [2.05, 4.69) is 10.3 Å². The van der Waals surface area contributed by atoms with E-state index in [1.165, 1.54) is 18.2 Å². The highest BCUT2D eigenvalue weighted by Crippen LogP contribution is 2.37. The molecule has 1 aromatic heterocycles. The minimum absolute atomic E-state index is 0.0964. The summed E-state index contributed by atoms with van der Waals surface area (Å²) in [5, 5.41) is 9.08. The molecule has 3 aromatic rings. The zero-order valence-corrected chi connectivity index (χ0v) is 15.7. The number of nitrogens with zero attached hydrogens (tertiary/aromatic N) is 5. The summed E-state index contributed by atoms with van der Waals surface area (Å²) in [5.74, 6) is -1.25. The number of hydrogen-bond donors (Lipinski definition) is 0. The SMILES string of the molecule is CN(C)Cc1nnn2c1-c1cccc(Cl)c1CN(c1c(F)cccc1F)C2. The predicted octanol–water partition coefficient (Wildman–Crippen LogP) is 3.92. The topological polar surface area (TPSA) is 37.2 Å². The van der Waals surface area contributed by atoms with Crippen molar-refractivity contribution in [3.05, 3.63) is 64.3 Å². The van der Waals surface area contributed by atoms with Crippen molar-refractivity contribution < 1.29 is 8.78 Å². The molecule has 5 nitrogen and oxygen atoms in total. The monoisotopic (exact) mass is 389 g/mol. The maximum Gasteiger partial charge on any atom is 0.149 e. The number of halogens is 3. The van der Waals surface area contributed by atoms with Gasteiger partial charge in [0.05, 0.1) is 5.69 Å². The first-order chi connectivity index (χ1) is 13.0. The summed E-state index contributed by atoms with van der Waals surface area (Å²) < 4.78 is 30.5. The van der Waals surface area contributed by atoms with Gasteiger partial charge in [-0.3, -0.25) is 0 Å². The van der Waals surface area contributed by atoms with E-state index < -0.39 is 11.6 Å². The molecular formula is C19H18ClF2N5. The van der Waals surface area contributed by atoms with Crippen molar-refractivity contribution in [3.63, 3.8) is 0 Å². The van der Waals surface area contributed by atoms with Crippen LogP contribution in [0, 0.1) is 11.6 Å². The van der Waals surface area contributed by atoms with E-state index in [1.807, 2.05) is 31.1 Å². The van der Waals surface area contributed by atoms with Crippen molar-refractivity contribution in [3.8, 4) is 11.3 Å². The number of anilines is 1. The summed E-state index contributed by atoms with van der Waals surface area (Å²) in [5.41, 5.74) is 3.19. The van der Waals surface area contributed by atoms with Crippen LogP contribution in [0.4, 0.5) is 14.5 Å². The number of hydrogen-bond acceptors (Lipinski definition) is 4. The predicted molar refractivity (Wildman–Crippen MR) is 100 cm³/mol. The summed E-state index contributed by atoms with van der Waals surface area (Å²) in [4.78, 5) is 3.59. The van der Waals surface area contributed by atoms with Crippen molar-refractivity contribution in [1.82, 2.24) is 19.9 Å². The maximum atomic E-state index is 14.4. The molecule has 2 heterocycles. The fourth-order valence-electron chi connectivity index (χ4n) is 3.43. The lowest BCUT2D eigenvalue weighted by Gasteiger charge is -2.24. The average molecular weight is 390 g/mol. The van der Waals surface area contributed by atoms with Crippen molar-refractivity contribution in [1.29, 1.82) is 0 Å². The summed E-state index contributed by atoms with van der Waals surface area (Å²) in [7, 11) is 3.89. The second kappa shape index (κ2) is 6.90. The Balaban J connectivity index is 1.91. The third-order valence-electron chi connectivity index (χ3n) is 4.55. The van der Waals surface area contributed by atoms with Crippen molar-refractivity contribution in [2.24, 2.45) is 0 Å². The summed E-state index contributed by atoms with van der Waals surface area (Å²) >= 11 is 6.46. The van der Waals surface area contributed by atoms with Gasteiger partial charge < -0.3 is 9.80 Å². The number of fused-ring (bicyclic) bond motifs is 3. The van der Waals surface area contributed by atoms with E-state index in [9.17, 15) is 8.78 Å². The molecule has 0 bridgehead atoms. The molecule has 0 fully saturated rings. The molecule has 140 valence electrons. The zero-order chi connectivity index (χ0) is 19.1. The number of rotatable bonds is 3. The van der Waals surface area contributed by atoms with Gasteiger partial charge in [-0.1, -0.05) is 35.0 Å². The van der Waals surface area contributed by atoms with Crippen LogP contribution in [0.15, 0.2) is 36.4 Å². The molecule has 0 saturated heterocycles. The van der Waals surface area contributed by atoms with Crippen molar-refractivity contribution >= 4 is 17.3 Å². The van der Waals surface area contributed by atoms with E-state index in [4.69, 9.17) is 11.6 Å². The summed E-state index contributed by atoms with van der Waals surface area (Å²) in [6, 6.07) is 9.42. The molecule has 27 heavy (non-hydrogen) atoms. The molecule has 0 amide bonds. The van der Waals surface area contributed by atoms with Crippen LogP contribution < -0.4 is 4.90 Å². The molecule has 0 N–H and O–H groups in total. The van der Waals surface area contributed by atoms with Crippen LogP contribution in [0.5, 0.6) is 0 Å². The van der Waals surface area contributed by atoms with E-state index in [-0.39, 0.29) is 18.9 Å². The number of para-hydroxylation sites is 1. The van der Waals surface area contributed by atoms with Gasteiger partial charge in [-0.15, -0.1) is 5.10 Å². The van der Waals surface area contributed by atoms with Gasteiger partial charge in [0.1, 0.15) is 29.7 Å². The van der Waals surface area contributed by atoms with Gasteiger partial charge in [-0.2, -0.15) is 0 Å². The molecule has 0 spiro atoms. The van der Waals surface area contributed by atoms with Gasteiger partial charge >= 0.3 is 0 Å². The van der Waals surface area contributed by atoms with Gasteiger partial charge in [0, 0.05) is 23.7 Å². The van der Waals surface area contributed by atoms with E-state index in [0.29, 0.717) is 11.6 Å². The number of aromatic nitrogens is 3. The molecular weight excluding hydrogens is 372 g/mol. The first kappa shape index (κ1) is 17.9. The third kappa shape index (κ3) is 3.17. The Morgan fingerprint density at radius 2 is 1.81 bits per heavy atom. The Morgan fingerprint density at radius 1 is 1.11 bits per heavy atom. The zero-order valence-electron chi connectivity index (χ0n) is 15.0. The lowest BCUT2D eigenvalue weighted by atomic mass is 10.0. The van der Waals surface area contributed by atoms with Gasteiger partial charge in [0.15, 0.2) is 0 Å².